The molecule has 0 saturated carbocycles. The van der Waals surface area contributed by atoms with Crippen LogP contribution in [0.5, 0.6) is 0 Å². The molecular formula is C16H35IN4O. The molecule has 1 fully saturated rings. The van der Waals surface area contributed by atoms with Gasteiger partial charge in [0.1, 0.15) is 0 Å². The molecule has 1 atom stereocenters. The van der Waals surface area contributed by atoms with Gasteiger partial charge >= 0.3 is 0 Å². The predicted octanol–water partition coefficient (Wildman–Crippen LogP) is 2.32. The zero-order valence-corrected chi connectivity index (χ0v) is 16.9. The molecule has 0 aromatic rings. The standard InChI is InChI=1S/C16H34N4O.HI/c1-4-17-16(19-10-13-21-3)18-9-5-6-11-20-12-7-8-15(2)14-20;/h15H,4-14H2,1-3H3,(H2,17,18,19);1H. The highest BCUT2D eigenvalue weighted by Gasteiger charge is 2.15. The highest BCUT2D eigenvalue weighted by molar-refractivity contribution is 14.0. The number of piperidine rings is 1. The fourth-order valence-electron chi connectivity index (χ4n) is 2.74. The molecule has 5 nitrogen and oxygen atoms in total. The first-order chi connectivity index (χ1) is 10.3. The van der Waals surface area contributed by atoms with Gasteiger partial charge in [0.15, 0.2) is 5.96 Å². The lowest BCUT2D eigenvalue weighted by molar-refractivity contribution is 0.181. The zero-order chi connectivity index (χ0) is 15.3. The average Bonchev–Trinajstić information content (AvgIpc) is 2.47. The quantitative estimate of drug-likeness (QED) is 0.257. The van der Waals surface area contributed by atoms with Gasteiger partial charge in [-0.1, -0.05) is 6.92 Å². The molecule has 1 aliphatic heterocycles. The number of nitrogens with one attached hydrogen (secondary N) is 2. The summed E-state index contributed by atoms with van der Waals surface area (Å²) in [5.41, 5.74) is 0. The molecule has 2 N–H and O–H groups in total. The van der Waals surface area contributed by atoms with E-state index in [-0.39, 0.29) is 24.0 Å². The second-order valence-corrected chi connectivity index (χ2v) is 5.94. The van der Waals surface area contributed by atoms with E-state index >= 15 is 0 Å². The van der Waals surface area contributed by atoms with E-state index in [2.05, 4.69) is 34.4 Å². The van der Waals surface area contributed by atoms with Crippen molar-refractivity contribution in [1.82, 2.24) is 15.5 Å². The topological polar surface area (TPSA) is 48.9 Å². The van der Waals surface area contributed by atoms with E-state index in [0.29, 0.717) is 6.61 Å². The Morgan fingerprint density at radius 1 is 1.32 bits per heavy atom. The molecule has 0 aromatic carbocycles. The van der Waals surface area contributed by atoms with E-state index in [1.165, 1.54) is 38.9 Å². The third-order valence-corrected chi connectivity index (χ3v) is 3.84. The minimum atomic E-state index is 0. The summed E-state index contributed by atoms with van der Waals surface area (Å²) in [7, 11) is 1.72. The maximum atomic E-state index is 5.04. The van der Waals surface area contributed by atoms with Crippen LogP contribution in [0, 0.1) is 5.92 Å². The number of hydrogen-bond acceptors (Lipinski definition) is 3. The SMILES string of the molecule is CCNC(=NCCCCN1CCCC(C)C1)NCCOC.I. The van der Waals surface area contributed by atoms with Crippen LogP contribution in [0.3, 0.4) is 0 Å². The van der Waals surface area contributed by atoms with Gasteiger partial charge in [-0.2, -0.15) is 0 Å². The van der Waals surface area contributed by atoms with Crippen LogP contribution in [-0.4, -0.2) is 63.8 Å². The second-order valence-electron chi connectivity index (χ2n) is 5.94. The summed E-state index contributed by atoms with van der Waals surface area (Å²) < 4.78 is 5.04. The van der Waals surface area contributed by atoms with Crippen molar-refractivity contribution in [2.45, 2.75) is 39.5 Å². The van der Waals surface area contributed by atoms with Gasteiger partial charge in [0.05, 0.1) is 6.61 Å². The van der Waals surface area contributed by atoms with Crippen molar-refractivity contribution in [1.29, 1.82) is 0 Å². The molecule has 0 spiro atoms. The van der Waals surface area contributed by atoms with Crippen molar-refractivity contribution < 1.29 is 4.74 Å². The average molecular weight is 426 g/mol. The molecule has 1 rings (SSSR count). The van der Waals surface area contributed by atoms with E-state index in [0.717, 1.165) is 37.9 Å². The molecule has 132 valence electrons. The van der Waals surface area contributed by atoms with E-state index < -0.39 is 0 Å². The zero-order valence-electron chi connectivity index (χ0n) is 14.6. The van der Waals surface area contributed by atoms with Gasteiger partial charge in [-0.05, 0) is 51.6 Å². The van der Waals surface area contributed by atoms with Gasteiger partial charge in [-0.15, -0.1) is 24.0 Å². The number of likely N-dealkylation sites (tertiary alicyclic amines) is 1. The number of guanidine groups is 1. The fraction of sp³-hybridized carbons (Fsp3) is 0.938. The predicted molar refractivity (Wildman–Crippen MR) is 105 cm³/mol. The highest BCUT2D eigenvalue weighted by atomic mass is 127. The Bertz CT molecular complexity index is 289. The van der Waals surface area contributed by atoms with Crippen molar-refractivity contribution in [2.75, 3.05) is 53.0 Å². The van der Waals surface area contributed by atoms with Crippen LogP contribution in [0.25, 0.3) is 0 Å². The van der Waals surface area contributed by atoms with Crippen molar-refractivity contribution in [3.8, 4) is 0 Å². The maximum Gasteiger partial charge on any atom is 0.191 e. The molecule has 1 saturated heterocycles. The van der Waals surface area contributed by atoms with Crippen LogP contribution in [0.4, 0.5) is 0 Å². The van der Waals surface area contributed by atoms with Gasteiger partial charge in [0, 0.05) is 33.3 Å². The molecular weight excluding hydrogens is 391 g/mol. The minimum absolute atomic E-state index is 0. The van der Waals surface area contributed by atoms with E-state index in [9.17, 15) is 0 Å². The lowest BCUT2D eigenvalue weighted by Gasteiger charge is -2.30. The molecule has 22 heavy (non-hydrogen) atoms. The van der Waals surface area contributed by atoms with Gasteiger partial charge in [0.25, 0.3) is 0 Å². The highest BCUT2D eigenvalue weighted by Crippen LogP contribution is 2.15. The van der Waals surface area contributed by atoms with Gasteiger partial charge in [0.2, 0.25) is 0 Å². The van der Waals surface area contributed by atoms with E-state index in [4.69, 9.17) is 4.74 Å². The summed E-state index contributed by atoms with van der Waals surface area (Å²) in [6.07, 6.45) is 5.17. The number of nitrogens with zero attached hydrogens (tertiary/aromatic N) is 2. The lowest BCUT2D eigenvalue weighted by atomic mass is 10.0. The van der Waals surface area contributed by atoms with Crippen LogP contribution < -0.4 is 10.6 Å². The molecule has 0 bridgehead atoms. The number of aliphatic imine (C=N–C) groups is 1. The number of hydrogen-bond donors (Lipinski definition) is 2. The van der Waals surface area contributed by atoms with Crippen LogP contribution >= 0.6 is 24.0 Å². The summed E-state index contributed by atoms with van der Waals surface area (Å²) in [4.78, 5) is 7.21. The van der Waals surface area contributed by atoms with Crippen molar-refractivity contribution >= 4 is 29.9 Å². The molecule has 6 heteroatoms. The Kier molecular flexibility index (Phi) is 14.5. The van der Waals surface area contributed by atoms with E-state index in [1.807, 2.05) is 0 Å². The normalized spacial score (nSPS) is 19.6. The minimum Gasteiger partial charge on any atom is -0.383 e. The molecule has 1 unspecified atom stereocenters. The lowest BCUT2D eigenvalue weighted by Crippen LogP contribution is -2.39. The Hall–Kier alpha value is -0.0800. The summed E-state index contributed by atoms with van der Waals surface area (Å²) in [5.74, 6) is 1.78. The Labute approximate surface area is 153 Å². The smallest absolute Gasteiger partial charge is 0.191 e. The van der Waals surface area contributed by atoms with Crippen molar-refractivity contribution in [2.24, 2.45) is 10.9 Å². The van der Waals surface area contributed by atoms with Gasteiger partial charge in [-0.3, -0.25) is 4.99 Å². The maximum absolute atomic E-state index is 5.04. The Morgan fingerprint density at radius 3 is 2.82 bits per heavy atom. The van der Waals surface area contributed by atoms with Crippen LogP contribution in [0.2, 0.25) is 0 Å². The first-order valence-corrected chi connectivity index (χ1v) is 8.49. The second kappa shape index (κ2) is 14.5. The first kappa shape index (κ1) is 21.9. The number of halogens is 1. The number of methoxy groups -OCH3 is 1. The van der Waals surface area contributed by atoms with Crippen LogP contribution in [0.15, 0.2) is 4.99 Å². The molecule has 0 amide bonds. The number of rotatable bonds is 9. The molecule has 0 aliphatic carbocycles. The molecule has 1 aliphatic rings. The molecule has 0 aromatic heterocycles. The fourth-order valence-corrected chi connectivity index (χ4v) is 2.74. The number of unbranched alkanes of at least 4 members (excludes halogenated alkanes) is 1. The first-order valence-electron chi connectivity index (χ1n) is 8.49. The Balaban J connectivity index is 0.00000441. The third-order valence-electron chi connectivity index (χ3n) is 3.84. The Morgan fingerprint density at radius 2 is 2.14 bits per heavy atom. The molecule has 0 radical (unpaired) electrons. The van der Waals surface area contributed by atoms with Crippen LogP contribution in [-0.2, 0) is 4.74 Å². The van der Waals surface area contributed by atoms with Gasteiger partial charge in [-0.25, -0.2) is 0 Å². The van der Waals surface area contributed by atoms with Crippen molar-refractivity contribution in [3.63, 3.8) is 0 Å². The summed E-state index contributed by atoms with van der Waals surface area (Å²) >= 11 is 0. The number of ether oxygens (including phenoxy) is 1. The summed E-state index contributed by atoms with van der Waals surface area (Å²) in [5, 5.41) is 6.53. The van der Waals surface area contributed by atoms with E-state index in [1.54, 1.807) is 7.11 Å². The van der Waals surface area contributed by atoms with Crippen LogP contribution in [0.1, 0.15) is 39.5 Å². The van der Waals surface area contributed by atoms with Crippen molar-refractivity contribution in [3.05, 3.63) is 0 Å². The summed E-state index contributed by atoms with van der Waals surface area (Å²) in [6, 6.07) is 0. The third kappa shape index (κ3) is 10.6. The van der Waals surface area contributed by atoms with Gasteiger partial charge < -0.3 is 20.3 Å². The summed E-state index contributed by atoms with van der Waals surface area (Å²) in [6.45, 7) is 11.5. The molecule has 1 heterocycles. The monoisotopic (exact) mass is 426 g/mol. The largest absolute Gasteiger partial charge is 0.383 e.